The lowest BCUT2D eigenvalue weighted by atomic mass is 9.78. The van der Waals surface area contributed by atoms with Crippen LogP contribution < -0.4 is 4.90 Å². The summed E-state index contributed by atoms with van der Waals surface area (Å²) >= 11 is 0. The van der Waals surface area contributed by atoms with Crippen LogP contribution in [0.4, 0.5) is 5.82 Å². The SMILES string of the molecule is C=C(OCC)c1c([C@H]2C[C@@H]3CC[C@@H](C3)C2)nc2c(-c3ccc(C(=O)OC)nc3)cnn2c1N(COCC[Si](C)(C)C)COCC[Si](C)(C)C. The summed E-state index contributed by atoms with van der Waals surface area (Å²) in [7, 11) is -1.24. The van der Waals surface area contributed by atoms with Crippen molar-refractivity contribution in [3.8, 4) is 11.1 Å². The molecule has 3 atom stereocenters. The third-order valence-electron chi connectivity index (χ3n) is 9.78. The second-order valence-corrected chi connectivity index (χ2v) is 27.5. The molecule has 0 radical (unpaired) electrons. The molecular formula is C37H57N5O5Si2. The largest absolute Gasteiger partial charge is 0.494 e. The summed E-state index contributed by atoms with van der Waals surface area (Å²) in [5.41, 5.74) is 4.51. The summed E-state index contributed by atoms with van der Waals surface area (Å²) in [5.74, 6) is 2.64. The fraction of sp³-hybridized carbons (Fsp3) is 0.622. The molecule has 2 saturated carbocycles. The van der Waals surface area contributed by atoms with E-state index in [0.717, 1.165) is 58.8 Å². The van der Waals surface area contributed by atoms with Gasteiger partial charge in [0, 0.05) is 52.6 Å². The number of rotatable bonds is 17. The molecule has 0 saturated heterocycles. The fourth-order valence-corrected chi connectivity index (χ4v) is 8.59. The maximum Gasteiger partial charge on any atom is 0.356 e. The van der Waals surface area contributed by atoms with Gasteiger partial charge >= 0.3 is 5.97 Å². The Morgan fingerprint density at radius 3 is 2.12 bits per heavy atom. The Kier molecular flexibility index (Phi) is 12.0. The Hall–Kier alpha value is -3.07. The van der Waals surface area contributed by atoms with E-state index in [4.69, 9.17) is 29.0 Å². The van der Waals surface area contributed by atoms with Gasteiger partial charge in [-0.2, -0.15) is 9.61 Å². The van der Waals surface area contributed by atoms with Crippen molar-refractivity contribution in [3.05, 3.63) is 48.1 Å². The first-order chi connectivity index (χ1) is 23.3. The Morgan fingerprint density at radius 2 is 1.59 bits per heavy atom. The van der Waals surface area contributed by atoms with Crippen LogP contribution in [-0.2, 0) is 18.9 Å². The molecule has 12 heteroatoms. The number of fused-ring (bicyclic) bond motifs is 3. The molecule has 3 aromatic rings. The van der Waals surface area contributed by atoms with Crippen LogP contribution in [0.1, 0.15) is 66.7 Å². The predicted molar refractivity (Wildman–Crippen MR) is 201 cm³/mol. The van der Waals surface area contributed by atoms with Crippen molar-refractivity contribution in [2.45, 2.75) is 96.3 Å². The van der Waals surface area contributed by atoms with Crippen molar-refractivity contribution >= 4 is 39.3 Å². The van der Waals surface area contributed by atoms with Gasteiger partial charge in [0.2, 0.25) is 0 Å². The highest BCUT2D eigenvalue weighted by molar-refractivity contribution is 6.76. The molecule has 2 bridgehead atoms. The van der Waals surface area contributed by atoms with Crippen LogP contribution in [0, 0.1) is 11.8 Å². The van der Waals surface area contributed by atoms with Gasteiger partial charge < -0.3 is 23.8 Å². The first-order valence-electron chi connectivity index (χ1n) is 18.0. The minimum absolute atomic E-state index is 0.252. The Labute approximate surface area is 294 Å². The van der Waals surface area contributed by atoms with Crippen LogP contribution in [0.3, 0.4) is 0 Å². The highest BCUT2D eigenvalue weighted by Crippen LogP contribution is 2.50. The average Bonchev–Trinajstić information content (AvgIpc) is 3.63. The van der Waals surface area contributed by atoms with Gasteiger partial charge in [-0.3, -0.25) is 0 Å². The standard InChI is InChI=1S/C37H57N5O5Si2/c1-10-47-26(2)33-34(30-20-27-11-12-28(19-27)21-30)40-35-31(29-13-14-32(38-22-29)37(43)44-3)23-39-42(35)36(33)41(24-45-15-17-48(4,5)6)25-46-16-18-49(7,8)9/h13-14,22-23,27-28,30H,2,10-12,15-21,24-25H2,1,3-9H3/t27-,28+,30+. The van der Waals surface area contributed by atoms with E-state index < -0.39 is 22.1 Å². The monoisotopic (exact) mass is 707 g/mol. The van der Waals surface area contributed by atoms with E-state index >= 15 is 0 Å². The maximum atomic E-state index is 12.1. The van der Waals surface area contributed by atoms with Gasteiger partial charge in [-0.05, 0) is 56.2 Å². The molecule has 49 heavy (non-hydrogen) atoms. The minimum atomic E-state index is -1.30. The van der Waals surface area contributed by atoms with Crippen LogP contribution in [0.15, 0.2) is 31.1 Å². The van der Waals surface area contributed by atoms with Crippen LogP contribution in [0.5, 0.6) is 0 Å². The van der Waals surface area contributed by atoms with Crippen LogP contribution in [0.2, 0.25) is 51.4 Å². The number of aromatic nitrogens is 4. The second-order valence-electron chi connectivity index (χ2n) is 16.2. The highest BCUT2D eigenvalue weighted by atomic mass is 28.3. The summed E-state index contributed by atoms with van der Waals surface area (Å²) in [4.78, 5) is 24.1. The number of hydrogen-bond acceptors (Lipinski definition) is 9. The minimum Gasteiger partial charge on any atom is -0.494 e. The maximum absolute atomic E-state index is 12.1. The Balaban J connectivity index is 1.66. The smallest absolute Gasteiger partial charge is 0.356 e. The van der Waals surface area contributed by atoms with E-state index in [1.807, 2.05) is 23.7 Å². The number of carbonyl (C=O) groups is 1. The number of methoxy groups -OCH3 is 1. The van der Waals surface area contributed by atoms with E-state index in [1.54, 1.807) is 12.3 Å². The topological polar surface area (TPSA) is 100 Å². The lowest BCUT2D eigenvalue weighted by Gasteiger charge is -2.33. The van der Waals surface area contributed by atoms with Crippen molar-refractivity contribution in [1.29, 1.82) is 0 Å². The molecular weight excluding hydrogens is 651 g/mol. The zero-order valence-corrected chi connectivity index (χ0v) is 33.0. The van der Waals surface area contributed by atoms with Crippen molar-refractivity contribution in [2.75, 3.05) is 45.3 Å². The predicted octanol–water partition coefficient (Wildman–Crippen LogP) is 8.31. The quantitative estimate of drug-likeness (QED) is 0.0451. The third kappa shape index (κ3) is 9.39. The van der Waals surface area contributed by atoms with Crippen LogP contribution >= 0.6 is 0 Å². The van der Waals surface area contributed by atoms with Crippen molar-refractivity contribution in [3.63, 3.8) is 0 Å². The summed E-state index contributed by atoms with van der Waals surface area (Å²) < 4.78 is 25.9. The number of nitrogens with zero attached hydrogens (tertiary/aromatic N) is 5. The molecule has 2 fully saturated rings. The molecule has 0 spiro atoms. The molecule has 0 amide bonds. The molecule has 0 N–H and O–H groups in total. The van der Waals surface area contributed by atoms with Gasteiger partial charge in [-0.1, -0.05) is 64.8 Å². The lowest BCUT2D eigenvalue weighted by molar-refractivity contribution is 0.0594. The number of pyridine rings is 1. The van der Waals surface area contributed by atoms with E-state index in [9.17, 15) is 4.79 Å². The lowest BCUT2D eigenvalue weighted by Crippen LogP contribution is -2.34. The van der Waals surface area contributed by atoms with Crippen LogP contribution in [-0.4, -0.2) is 82.1 Å². The molecule has 2 aliphatic carbocycles. The second kappa shape index (κ2) is 15.9. The van der Waals surface area contributed by atoms with Gasteiger partial charge in [-0.25, -0.2) is 14.8 Å². The zero-order valence-electron chi connectivity index (χ0n) is 31.0. The summed E-state index contributed by atoms with van der Waals surface area (Å²) in [6, 6.07) is 5.69. The fourth-order valence-electron chi connectivity index (χ4n) is 7.08. The number of carbonyl (C=O) groups excluding carboxylic acids is 1. The van der Waals surface area contributed by atoms with Gasteiger partial charge in [0.25, 0.3) is 0 Å². The molecule has 268 valence electrons. The number of esters is 1. The molecule has 5 rings (SSSR count). The molecule has 0 aromatic carbocycles. The molecule has 3 heterocycles. The van der Waals surface area contributed by atoms with E-state index in [2.05, 4.69) is 55.7 Å². The Bertz CT molecular complexity index is 1560. The van der Waals surface area contributed by atoms with Crippen molar-refractivity contribution in [1.82, 2.24) is 19.6 Å². The first-order valence-corrected chi connectivity index (χ1v) is 25.4. The third-order valence-corrected chi connectivity index (χ3v) is 13.2. The number of ether oxygens (including phenoxy) is 4. The summed E-state index contributed by atoms with van der Waals surface area (Å²) in [6.45, 7) is 23.2. The molecule has 10 nitrogen and oxygen atoms in total. The van der Waals surface area contributed by atoms with E-state index in [1.165, 1.54) is 26.4 Å². The van der Waals surface area contributed by atoms with Gasteiger partial charge in [0.05, 0.1) is 31.2 Å². The van der Waals surface area contributed by atoms with Gasteiger partial charge in [0.1, 0.15) is 30.7 Å². The van der Waals surface area contributed by atoms with E-state index in [0.29, 0.717) is 50.9 Å². The average molecular weight is 708 g/mol. The zero-order chi connectivity index (χ0) is 35.3. The number of hydrogen-bond donors (Lipinski definition) is 0. The van der Waals surface area contributed by atoms with E-state index in [-0.39, 0.29) is 11.6 Å². The molecule has 2 aliphatic rings. The Morgan fingerprint density at radius 1 is 0.959 bits per heavy atom. The highest BCUT2D eigenvalue weighted by Gasteiger charge is 2.38. The number of anilines is 1. The summed E-state index contributed by atoms with van der Waals surface area (Å²) in [5, 5.41) is 4.96. The van der Waals surface area contributed by atoms with Crippen LogP contribution in [0.25, 0.3) is 22.5 Å². The van der Waals surface area contributed by atoms with Gasteiger partial charge in [0.15, 0.2) is 5.65 Å². The molecule has 0 unspecified atom stereocenters. The summed E-state index contributed by atoms with van der Waals surface area (Å²) in [6.07, 6.45) is 9.61. The molecule has 3 aromatic heterocycles. The van der Waals surface area contributed by atoms with Crippen molar-refractivity contribution < 1.29 is 23.7 Å². The molecule has 0 aliphatic heterocycles. The van der Waals surface area contributed by atoms with Crippen molar-refractivity contribution in [2.24, 2.45) is 11.8 Å². The first kappa shape index (κ1) is 37.2. The van der Waals surface area contributed by atoms with Gasteiger partial charge in [-0.15, -0.1) is 0 Å². The normalized spacial score (nSPS) is 19.3.